The molecule has 6 heteroatoms. The van der Waals surface area contributed by atoms with Gasteiger partial charge in [-0.1, -0.05) is 18.2 Å². The normalized spacial score (nSPS) is 14.0. The number of ether oxygens (including phenoxy) is 1. The van der Waals surface area contributed by atoms with Gasteiger partial charge >= 0.3 is 0 Å². The molecule has 0 spiro atoms. The molecule has 1 aliphatic heterocycles. The molecule has 0 aliphatic carbocycles. The van der Waals surface area contributed by atoms with E-state index in [1.54, 1.807) is 7.11 Å². The van der Waals surface area contributed by atoms with Gasteiger partial charge < -0.3 is 20.7 Å². The second-order valence-corrected chi connectivity index (χ2v) is 5.21. The van der Waals surface area contributed by atoms with Gasteiger partial charge in [-0.25, -0.2) is 0 Å². The fourth-order valence-electron chi connectivity index (χ4n) is 2.50. The number of aliphatic imine (C=N–C) groups is 1. The fraction of sp³-hybridized carbons (Fsp3) is 0.500. The van der Waals surface area contributed by atoms with Crippen molar-refractivity contribution in [2.24, 2.45) is 10.7 Å². The van der Waals surface area contributed by atoms with E-state index >= 15 is 0 Å². The second kappa shape index (κ2) is 8.38. The van der Waals surface area contributed by atoms with Crippen molar-refractivity contribution in [1.29, 1.82) is 0 Å². The first kappa shape index (κ1) is 16.3. The zero-order valence-corrected chi connectivity index (χ0v) is 13.0. The second-order valence-electron chi connectivity index (χ2n) is 5.21. The highest BCUT2D eigenvalue weighted by molar-refractivity contribution is 5.95. The topological polar surface area (TPSA) is 80.0 Å². The van der Waals surface area contributed by atoms with Crippen LogP contribution in [-0.2, 0) is 16.0 Å². The van der Waals surface area contributed by atoms with E-state index in [1.165, 1.54) is 5.56 Å². The molecule has 120 valence electrons. The number of fused-ring (bicyclic) bond motifs is 1. The summed E-state index contributed by atoms with van der Waals surface area (Å²) < 4.78 is 4.91. The Morgan fingerprint density at radius 1 is 1.45 bits per heavy atom. The summed E-state index contributed by atoms with van der Waals surface area (Å²) >= 11 is 0. The summed E-state index contributed by atoms with van der Waals surface area (Å²) in [6, 6.07) is 8.08. The summed E-state index contributed by atoms with van der Waals surface area (Å²) in [5, 5.41) is 2.95. The predicted molar refractivity (Wildman–Crippen MR) is 88.1 cm³/mol. The van der Waals surface area contributed by atoms with Crippen molar-refractivity contribution >= 4 is 17.6 Å². The van der Waals surface area contributed by atoms with Crippen molar-refractivity contribution < 1.29 is 9.53 Å². The van der Waals surface area contributed by atoms with Crippen molar-refractivity contribution in [1.82, 2.24) is 5.32 Å². The Morgan fingerprint density at radius 2 is 2.27 bits per heavy atom. The molecule has 0 radical (unpaired) electrons. The van der Waals surface area contributed by atoms with Crippen LogP contribution in [0.15, 0.2) is 29.3 Å². The Labute approximate surface area is 131 Å². The van der Waals surface area contributed by atoms with Crippen LogP contribution in [0.3, 0.4) is 0 Å². The molecule has 0 saturated carbocycles. The number of nitrogens with two attached hydrogens (primary N) is 1. The molecule has 1 amide bonds. The number of nitrogens with one attached hydrogen (secondary N) is 1. The van der Waals surface area contributed by atoms with Crippen LogP contribution in [0.2, 0.25) is 0 Å². The first-order valence-electron chi connectivity index (χ1n) is 7.63. The lowest BCUT2D eigenvalue weighted by Gasteiger charge is -2.16. The van der Waals surface area contributed by atoms with Gasteiger partial charge in [0.05, 0.1) is 6.61 Å². The largest absolute Gasteiger partial charge is 0.383 e. The Balaban J connectivity index is 1.72. The minimum atomic E-state index is 0.158. The minimum absolute atomic E-state index is 0.158. The lowest BCUT2D eigenvalue weighted by Crippen LogP contribution is -2.34. The summed E-state index contributed by atoms with van der Waals surface area (Å²) in [5.74, 6) is 0.557. The van der Waals surface area contributed by atoms with Crippen LogP contribution in [-0.4, -0.2) is 45.2 Å². The van der Waals surface area contributed by atoms with Crippen molar-refractivity contribution in [3.05, 3.63) is 29.8 Å². The smallest absolute Gasteiger partial charge is 0.227 e. The number of para-hydroxylation sites is 1. The molecule has 0 atom stereocenters. The van der Waals surface area contributed by atoms with Crippen molar-refractivity contribution in [2.75, 3.05) is 38.3 Å². The van der Waals surface area contributed by atoms with Crippen LogP contribution >= 0.6 is 0 Å². The molecule has 22 heavy (non-hydrogen) atoms. The lowest BCUT2D eigenvalue weighted by atomic mass is 10.2. The van der Waals surface area contributed by atoms with Gasteiger partial charge in [-0.15, -0.1) is 0 Å². The first-order chi connectivity index (χ1) is 10.7. The fourth-order valence-corrected chi connectivity index (χ4v) is 2.50. The monoisotopic (exact) mass is 304 g/mol. The molecule has 6 nitrogen and oxygen atoms in total. The lowest BCUT2D eigenvalue weighted by molar-refractivity contribution is -0.118. The highest BCUT2D eigenvalue weighted by Crippen LogP contribution is 2.27. The van der Waals surface area contributed by atoms with E-state index in [2.05, 4.69) is 16.4 Å². The van der Waals surface area contributed by atoms with Gasteiger partial charge in [-0.2, -0.15) is 0 Å². The SMILES string of the molecule is COCCNC(N)=NCCCC(=O)N1CCc2ccccc21. The summed E-state index contributed by atoms with van der Waals surface area (Å²) in [5.41, 5.74) is 8.01. The molecule has 0 unspecified atom stereocenters. The van der Waals surface area contributed by atoms with Crippen LogP contribution in [0.25, 0.3) is 0 Å². The molecule has 0 bridgehead atoms. The number of methoxy groups -OCH3 is 1. The van der Waals surface area contributed by atoms with Crippen molar-refractivity contribution in [3.63, 3.8) is 0 Å². The van der Waals surface area contributed by atoms with E-state index in [1.807, 2.05) is 23.1 Å². The van der Waals surface area contributed by atoms with Crippen molar-refractivity contribution in [2.45, 2.75) is 19.3 Å². The third-order valence-electron chi connectivity index (χ3n) is 3.63. The molecule has 0 aromatic heterocycles. The minimum Gasteiger partial charge on any atom is -0.383 e. The number of carbonyl (C=O) groups excluding carboxylic acids is 1. The number of carbonyl (C=O) groups is 1. The van der Waals surface area contributed by atoms with Gasteiger partial charge in [0, 0.05) is 38.9 Å². The Kier molecular flexibility index (Phi) is 6.21. The zero-order chi connectivity index (χ0) is 15.8. The number of benzene rings is 1. The maximum Gasteiger partial charge on any atom is 0.227 e. The van der Waals surface area contributed by atoms with Gasteiger partial charge in [0.25, 0.3) is 0 Å². The molecule has 0 fully saturated rings. The summed E-state index contributed by atoms with van der Waals surface area (Å²) in [7, 11) is 1.64. The van der Waals surface area contributed by atoms with Crippen LogP contribution in [0, 0.1) is 0 Å². The van der Waals surface area contributed by atoms with E-state index < -0.39 is 0 Å². The molecule has 1 aromatic carbocycles. The maximum absolute atomic E-state index is 12.3. The predicted octanol–water partition coefficient (Wildman–Crippen LogP) is 0.907. The van der Waals surface area contributed by atoms with Crippen LogP contribution in [0.1, 0.15) is 18.4 Å². The summed E-state index contributed by atoms with van der Waals surface area (Å²) in [6.45, 7) is 2.55. The van der Waals surface area contributed by atoms with Crippen LogP contribution in [0.5, 0.6) is 0 Å². The number of nitrogens with zero attached hydrogens (tertiary/aromatic N) is 2. The molecule has 3 N–H and O–H groups in total. The number of anilines is 1. The van der Waals surface area contributed by atoms with E-state index in [9.17, 15) is 4.79 Å². The zero-order valence-electron chi connectivity index (χ0n) is 13.0. The molecule has 1 aromatic rings. The van der Waals surface area contributed by atoms with Crippen LogP contribution < -0.4 is 16.0 Å². The van der Waals surface area contributed by atoms with E-state index in [0.717, 1.165) is 18.7 Å². The first-order valence-corrected chi connectivity index (χ1v) is 7.63. The van der Waals surface area contributed by atoms with Gasteiger partial charge in [-0.05, 0) is 24.5 Å². The Bertz CT molecular complexity index is 531. The number of guanidine groups is 1. The van der Waals surface area contributed by atoms with Crippen molar-refractivity contribution in [3.8, 4) is 0 Å². The highest BCUT2D eigenvalue weighted by Gasteiger charge is 2.23. The number of rotatable bonds is 7. The van der Waals surface area contributed by atoms with Crippen LogP contribution in [0.4, 0.5) is 5.69 Å². The van der Waals surface area contributed by atoms with Gasteiger partial charge in [0.1, 0.15) is 0 Å². The van der Waals surface area contributed by atoms with E-state index in [4.69, 9.17) is 10.5 Å². The maximum atomic E-state index is 12.3. The quantitative estimate of drug-likeness (QED) is 0.446. The Morgan fingerprint density at radius 3 is 3.09 bits per heavy atom. The van der Waals surface area contributed by atoms with Gasteiger partial charge in [-0.3, -0.25) is 9.79 Å². The number of hydrogen-bond acceptors (Lipinski definition) is 3. The molecule has 1 aliphatic rings. The molecule has 1 heterocycles. The molecular formula is C16H24N4O2. The average Bonchev–Trinajstić information content (AvgIpc) is 2.96. The van der Waals surface area contributed by atoms with Gasteiger partial charge in [0.2, 0.25) is 5.91 Å². The van der Waals surface area contributed by atoms with Gasteiger partial charge in [0.15, 0.2) is 5.96 Å². The standard InChI is InChI=1S/C16H24N4O2/c1-22-12-10-19-16(17)18-9-4-7-15(21)20-11-8-13-5-2-3-6-14(13)20/h2-3,5-6H,4,7-12H2,1H3,(H3,17,18,19). The molecular weight excluding hydrogens is 280 g/mol. The number of amides is 1. The highest BCUT2D eigenvalue weighted by atomic mass is 16.5. The Hall–Kier alpha value is -2.08. The van der Waals surface area contributed by atoms with E-state index in [-0.39, 0.29) is 5.91 Å². The third-order valence-corrected chi connectivity index (χ3v) is 3.63. The summed E-state index contributed by atoms with van der Waals surface area (Å²) in [6.07, 6.45) is 2.13. The third kappa shape index (κ3) is 4.46. The molecule has 0 saturated heterocycles. The molecule has 2 rings (SSSR count). The number of hydrogen-bond donors (Lipinski definition) is 2. The van der Waals surface area contributed by atoms with E-state index in [0.29, 0.717) is 38.5 Å². The average molecular weight is 304 g/mol. The summed E-state index contributed by atoms with van der Waals surface area (Å²) in [4.78, 5) is 18.3.